The number of aliphatic hydroxyl groups excluding tert-OH is 3. The van der Waals surface area contributed by atoms with Crippen LogP contribution in [0.25, 0.3) is 0 Å². The van der Waals surface area contributed by atoms with Crippen molar-refractivity contribution < 1.29 is 34.4 Å². The Labute approximate surface area is 240 Å². The molecule has 5 rings (SSSR count). The van der Waals surface area contributed by atoms with Crippen LogP contribution in [0, 0.1) is 5.92 Å². The molecule has 1 saturated carbocycles. The number of aliphatic hydroxyl groups is 3. The van der Waals surface area contributed by atoms with Crippen LogP contribution in [0.5, 0.6) is 11.5 Å². The van der Waals surface area contributed by atoms with Crippen LogP contribution >= 0.6 is 0 Å². The van der Waals surface area contributed by atoms with Crippen LogP contribution in [0.4, 0.5) is 0 Å². The van der Waals surface area contributed by atoms with E-state index in [1.165, 1.54) is 20.0 Å². The van der Waals surface area contributed by atoms with Crippen molar-refractivity contribution in [2.24, 2.45) is 5.92 Å². The number of ether oxygens (including phenoxy) is 2. The SMILES string of the molecule is COc1cc(CO)cc2c1O[C@@H]1[C@@H](O)[C@H](N(Cc3ccccc3)C(=O)CCC3CCCC3)C=C(C(=O)NCCO)[C@H]21. The van der Waals surface area contributed by atoms with E-state index < -0.39 is 30.1 Å². The van der Waals surface area contributed by atoms with Gasteiger partial charge in [0, 0.05) is 30.6 Å². The van der Waals surface area contributed by atoms with E-state index in [0.717, 1.165) is 24.8 Å². The van der Waals surface area contributed by atoms with Crippen molar-refractivity contribution in [2.45, 2.75) is 75.8 Å². The maximum absolute atomic E-state index is 13.9. The van der Waals surface area contributed by atoms with Gasteiger partial charge in [-0.15, -0.1) is 0 Å². The Balaban J connectivity index is 1.54. The Kier molecular flexibility index (Phi) is 9.27. The van der Waals surface area contributed by atoms with Gasteiger partial charge < -0.3 is 35.0 Å². The van der Waals surface area contributed by atoms with E-state index in [0.29, 0.717) is 40.5 Å². The number of hydrogen-bond donors (Lipinski definition) is 4. The average molecular weight is 565 g/mol. The van der Waals surface area contributed by atoms with E-state index in [1.807, 2.05) is 30.3 Å². The fourth-order valence-electron chi connectivity index (χ4n) is 6.53. The van der Waals surface area contributed by atoms with Crippen LogP contribution in [0.2, 0.25) is 0 Å². The predicted molar refractivity (Wildman–Crippen MR) is 152 cm³/mol. The third-order valence-electron chi connectivity index (χ3n) is 8.61. The van der Waals surface area contributed by atoms with Gasteiger partial charge in [0.25, 0.3) is 0 Å². The summed E-state index contributed by atoms with van der Waals surface area (Å²) in [4.78, 5) is 29.0. The standard InChI is InChI=1S/C32H40N2O7/c1-40-26-16-22(19-36)15-23-28-24(32(39)33-13-14-35)17-25(29(38)31(28)41-30(23)26)34(18-21-9-3-2-4-10-21)27(37)12-11-20-7-5-6-8-20/h2-4,9-10,15-17,20,25,28-29,31,35-36,38H,5-8,11-14,18-19H2,1H3,(H,33,39)/t25-,28+,29+,31+/m1/s1. The summed E-state index contributed by atoms with van der Waals surface area (Å²) in [5.41, 5.74) is 2.48. The maximum atomic E-state index is 13.9. The lowest BCUT2D eigenvalue weighted by Crippen LogP contribution is -2.55. The van der Waals surface area contributed by atoms with Gasteiger partial charge in [0.15, 0.2) is 11.5 Å². The number of rotatable bonds is 11. The molecule has 9 heteroatoms. The van der Waals surface area contributed by atoms with Crippen molar-refractivity contribution in [2.75, 3.05) is 20.3 Å². The summed E-state index contributed by atoms with van der Waals surface area (Å²) in [7, 11) is 1.50. The lowest BCUT2D eigenvalue weighted by Gasteiger charge is -2.41. The second kappa shape index (κ2) is 13.1. The first-order chi connectivity index (χ1) is 19.9. The van der Waals surface area contributed by atoms with Gasteiger partial charge in [-0.1, -0.05) is 56.0 Å². The molecule has 0 aromatic heterocycles. The molecule has 0 radical (unpaired) electrons. The lowest BCUT2D eigenvalue weighted by molar-refractivity contribution is -0.138. The summed E-state index contributed by atoms with van der Waals surface area (Å²) in [6.45, 7) is -0.129. The molecular weight excluding hydrogens is 524 g/mol. The number of hydrogen-bond acceptors (Lipinski definition) is 7. The molecule has 2 aromatic rings. The summed E-state index contributed by atoms with van der Waals surface area (Å²) in [5, 5.41) is 33.8. The molecule has 1 heterocycles. The first kappa shape index (κ1) is 29.1. The quantitative estimate of drug-likeness (QED) is 0.330. The number of nitrogens with zero attached hydrogens (tertiary/aromatic N) is 1. The summed E-state index contributed by atoms with van der Waals surface area (Å²) >= 11 is 0. The van der Waals surface area contributed by atoms with Crippen LogP contribution in [-0.4, -0.2) is 70.5 Å². The van der Waals surface area contributed by atoms with Crippen LogP contribution in [0.3, 0.4) is 0 Å². The summed E-state index contributed by atoms with van der Waals surface area (Å²) in [6.07, 6.45) is 5.53. The number of carbonyl (C=O) groups is 2. The first-order valence-corrected chi connectivity index (χ1v) is 14.6. The molecule has 4 N–H and O–H groups in total. The average Bonchev–Trinajstić information content (AvgIpc) is 3.66. The molecule has 1 fully saturated rings. The molecule has 0 saturated heterocycles. The third kappa shape index (κ3) is 6.12. The predicted octanol–water partition coefficient (Wildman–Crippen LogP) is 2.81. The van der Waals surface area contributed by atoms with E-state index in [9.17, 15) is 24.9 Å². The van der Waals surface area contributed by atoms with Gasteiger partial charge in [0.1, 0.15) is 12.2 Å². The van der Waals surface area contributed by atoms with Gasteiger partial charge in [0.05, 0.1) is 32.3 Å². The van der Waals surface area contributed by atoms with Crippen molar-refractivity contribution in [1.29, 1.82) is 0 Å². The van der Waals surface area contributed by atoms with Crippen LogP contribution in [-0.2, 0) is 22.7 Å². The second-order valence-electron chi connectivity index (χ2n) is 11.2. The van der Waals surface area contributed by atoms with Crippen molar-refractivity contribution in [3.05, 3.63) is 70.8 Å². The summed E-state index contributed by atoms with van der Waals surface area (Å²) in [5.74, 6) is 0.201. The van der Waals surface area contributed by atoms with Gasteiger partial charge in [-0.05, 0) is 41.7 Å². The molecule has 1 aliphatic heterocycles. The molecule has 0 spiro atoms. The van der Waals surface area contributed by atoms with Crippen molar-refractivity contribution in [3.63, 3.8) is 0 Å². The minimum absolute atomic E-state index is 0.0581. The van der Waals surface area contributed by atoms with E-state index >= 15 is 0 Å². The molecule has 2 aliphatic carbocycles. The smallest absolute Gasteiger partial charge is 0.247 e. The van der Waals surface area contributed by atoms with E-state index in [-0.39, 0.29) is 32.2 Å². The zero-order chi connectivity index (χ0) is 28.9. The minimum atomic E-state index is -1.14. The van der Waals surface area contributed by atoms with Crippen LogP contribution < -0.4 is 14.8 Å². The minimum Gasteiger partial charge on any atom is -0.493 e. The second-order valence-corrected chi connectivity index (χ2v) is 11.2. The van der Waals surface area contributed by atoms with E-state index in [4.69, 9.17) is 9.47 Å². The number of amides is 2. The normalized spacial score (nSPS) is 23.3. The molecule has 0 bridgehead atoms. The Morgan fingerprint density at radius 3 is 2.54 bits per heavy atom. The van der Waals surface area contributed by atoms with Gasteiger partial charge in [-0.3, -0.25) is 9.59 Å². The molecule has 41 heavy (non-hydrogen) atoms. The lowest BCUT2D eigenvalue weighted by atomic mass is 9.77. The van der Waals surface area contributed by atoms with Crippen LogP contribution in [0.1, 0.15) is 61.1 Å². The zero-order valence-corrected chi connectivity index (χ0v) is 23.5. The highest BCUT2D eigenvalue weighted by atomic mass is 16.5. The number of nitrogens with one attached hydrogen (secondary N) is 1. The fourth-order valence-corrected chi connectivity index (χ4v) is 6.53. The highest BCUT2D eigenvalue weighted by molar-refractivity contribution is 5.96. The fraction of sp³-hybridized carbons (Fsp3) is 0.500. The summed E-state index contributed by atoms with van der Waals surface area (Å²) in [6, 6.07) is 12.2. The highest BCUT2D eigenvalue weighted by Crippen LogP contribution is 2.51. The van der Waals surface area contributed by atoms with Gasteiger partial charge in [-0.2, -0.15) is 0 Å². The van der Waals surface area contributed by atoms with Crippen molar-refractivity contribution >= 4 is 11.8 Å². The van der Waals surface area contributed by atoms with Crippen molar-refractivity contribution in [1.82, 2.24) is 10.2 Å². The maximum Gasteiger partial charge on any atom is 0.247 e. The number of benzene rings is 2. The summed E-state index contributed by atoms with van der Waals surface area (Å²) < 4.78 is 11.9. The Hall–Kier alpha value is -3.40. The topological polar surface area (TPSA) is 129 Å². The third-order valence-corrected chi connectivity index (χ3v) is 8.61. The molecule has 3 aliphatic rings. The monoisotopic (exact) mass is 564 g/mol. The van der Waals surface area contributed by atoms with Gasteiger partial charge >= 0.3 is 0 Å². The number of fused-ring (bicyclic) bond motifs is 3. The number of methoxy groups -OCH3 is 1. The Morgan fingerprint density at radius 1 is 1.10 bits per heavy atom. The van der Waals surface area contributed by atoms with E-state index in [2.05, 4.69) is 5.32 Å². The molecule has 2 amide bonds. The molecule has 4 atom stereocenters. The molecule has 9 nitrogen and oxygen atoms in total. The molecule has 220 valence electrons. The van der Waals surface area contributed by atoms with Crippen molar-refractivity contribution in [3.8, 4) is 11.5 Å². The van der Waals surface area contributed by atoms with Crippen LogP contribution in [0.15, 0.2) is 54.1 Å². The van der Waals surface area contributed by atoms with Gasteiger partial charge in [0.2, 0.25) is 11.8 Å². The molecule has 2 aromatic carbocycles. The first-order valence-electron chi connectivity index (χ1n) is 14.6. The van der Waals surface area contributed by atoms with Gasteiger partial charge in [-0.25, -0.2) is 0 Å². The Bertz CT molecular complexity index is 1260. The molecular formula is C32H40N2O7. The zero-order valence-electron chi connectivity index (χ0n) is 23.5. The number of carbonyl (C=O) groups excluding carboxylic acids is 2. The largest absolute Gasteiger partial charge is 0.493 e. The highest BCUT2D eigenvalue weighted by Gasteiger charge is 2.51. The van der Waals surface area contributed by atoms with E-state index in [1.54, 1.807) is 23.1 Å². The molecule has 0 unspecified atom stereocenters. The Morgan fingerprint density at radius 2 is 1.85 bits per heavy atom.